The lowest BCUT2D eigenvalue weighted by Gasteiger charge is -2.19. The summed E-state index contributed by atoms with van der Waals surface area (Å²) < 4.78 is 16.0. The Labute approximate surface area is 151 Å². The first-order valence-electron chi connectivity index (χ1n) is 8.24. The van der Waals surface area contributed by atoms with E-state index in [1.165, 1.54) is 26.2 Å². The van der Waals surface area contributed by atoms with Gasteiger partial charge in [0.2, 0.25) is 5.75 Å². The van der Waals surface area contributed by atoms with Gasteiger partial charge in [-0.1, -0.05) is 6.92 Å². The third kappa shape index (κ3) is 3.06. The summed E-state index contributed by atoms with van der Waals surface area (Å²) in [5.41, 5.74) is 8.45. The molecule has 1 aromatic heterocycles. The largest absolute Gasteiger partial charge is 0.493 e. The molecular formula is C19H23NO4S. The highest BCUT2D eigenvalue weighted by Crippen LogP contribution is 2.42. The molecule has 0 saturated heterocycles. The van der Waals surface area contributed by atoms with Crippen LogP contribution in [0.15, 0.2) is 12.1 Å². The van der Waals surface area contributed by atoms with Crippen LogP contribution in [-0.2, 0) is 12.8 Å². The summed E-state index contributed by atoms with van der Waals surface area (Å²) in [4.78, 5) is 14.4. The Morgan fingerprint density at radius 1 is 1.16 bits per heavy atom. The molecule has 0 bridgehead atoms. The Bertz CT molecular complexity index is 787. The summed E-state index contributed by atoms with van der Waals surface area (Å²) in [6, 6.07) is 3.36. The van der Waals surface area contributed by atoms with E-state index in [1.807, 2.05) is 0 Å². The summed E-state index contributed by atoms with van der Waals surface area (Å²) in [6.45, 7) is 2.24. The van der Waals surface area contributed by atoms with Crippen LogP contribution in [0.1, 0.15) is 39.7 Å². The second-order valence-corrected chi connectivity index (χ2v) is 7.47. The van der Waals surface area contributed by atoms with E-state index in [1.54, 1.807) is 23.5 Å². The lowest BCUT2D eigenvalue weighted by molar-refractivity contribution is 0.103. The number of carbonyl (C=O) groups is 1. The maximum Gasteiger partial charge on any atom is 0.203 e. The summed E-state index contributed by atoms with van der Waals surface area (Å²) in [5, 5.41) is 0.595. The first-order chi connectivity index (χ1) is 12.0. The number of methoxy groups -OCH3 is 3. The Kier molecular flexibility index (Phi) is 4.90. The van der Waals surface area contributed by atoms with Gasteiger partial charge in [0.05, 0.1) is 31.9 Å². The van der Waals surface area contributed by atoms with Gasteiger partial charge in [0.1, 0.15) is 0 Å². The van der Waals surface area contributed by atoms with Crippen LogP contribution in [0, 0.1) is 5.92 Å². The lowest BCUT2D eigenvalue weighted by Crippen LogP contribution is -2.13. The number of rotatable bonds is 5. The minimum absolute atomic E-state index is 0.0937. The number of carbonyl (C=O) groups excluding carboxylic acids is 1. The zero-order chi connectivity index (χ0) is 18.1. The predicted octanol–water partition coefficient (Wildman–Crippen LogP) is 3.71. The number of thiophene rings is 1. The van der Waals surface area contributed by atoms with E-state index >= 15 is 0 Å². The van der Waals surface area contributed by atoms with Gasteiger partial charge < -0.3 is 19.9 Å². The first-order valence-corrected chi connectivity index (χ1v) is 9.06. The fourth-order valence-electron chi connectivity index (χ4n) is 3.38. The third-order valence-corrected chi connectivity index (χ3v) is 5.78. The highest BCUT2D eigenvalue weighted by molar-refractivity contribution is 7.16. The van der Waals surface area contributed by atoms with E-state index in [-0.39, 0.29) is 5.78 Å². The van der Waals surface area contributed by atoms with E-state index in [4.69, 9.17) is 19.9 Å². The van der Waals surface area contributed by atoms with Gasteiger partial charge in [-0.25, -0.2) is 0 Å². The Morgan fingerprint density at radius 2 is 1.80 bits per heavy atom. The molecule has 6 heteroatoms. The number of nitrogen functional groups attached to an aromatic ring is 1. The number of fused-ring (bicyclic) bond motifs is 1. The van der Waals surface area contributed by atoms with Crippen LogP contribution in [-0.4, -0.2) is 27.1 Å². The van der Waals surface area contributed by atoms with Crippen molar-refractivity contribution in [2.75, 3.05) is 27.1 Å². The summed E-state index contributed by atoms with van der Waals surface area (Å²) >= 11 is 1.54. The molecule has 2 N–H and O–H groups in total. The number of anilines is 1. The lowest BCUT2D eigenvalue weighted by atomic mass is 9.86. The van der Waals surface area contributed by atoms with Gasteiger partial charge in [-0.3, -0.25) is 4.79 Å². The van der Waals surface area contributed by atoms with Gasteiger partial charge in [0.15, 0.2) is 17.3 Å². The van der Waals surface area contributed by atoms with Gasteiger partial charge in [-0.2, -0.15) is 0 Å². The van der Waals surface area contributed by atoms with Gasteiger partial charge >= 0.3 is 0 Å². The molecule has 2 aromatic rings. The first kappa shape index (κ1) is 17.6. The van der Waals surface area contributed by atoms with Crippen molar-refractivity contribution in [3.05, 3.63) is 33.7 Å². The van der Waals surface area contributed by atoms with Crippen LogP contribution in [0.25, 0.3) is 0 Å². The Balaban J connectivity index is 2.08. The zero-order valence-electron chi connectivity index (χ0n) is 15.0. The van der Waals surface area contributed by atoms with Crippen molar-refractivity contribution in [3.8, 4) is 17.2 Å². The van der Waals surface area contributed by atoms with E-state index in [2.05, 4.69) is 6.92 Å². The molecular weight excluding hydrogens is 338 g/mol. The zero-order valence-corrected chi connectivity index (χ0v) is 15.8. The molecule has 0 saturated carbocycles. The summed E-state index contributed by atoms with van der Waals surface area (Å²) in [6.07, 6.45) is 2.97. The van der Waals surface area contributed by atoms with Crippen molar-refractivity contribution in [1.29, 1.82) is 0 Å². The molecule has 3 rings (SSSR count). The number of hydrogen-bond acceptors (Lipinski definition) is 6. The molecule has 0 amide bonds. The molecule has 1 aromatic carbocycles. The van der Waals surface area contributed by atoms with E-state index in [0.29, 0.717) is 39.3 Å². The molecule has 1 aliphatic rings. The highest BCUT2D eigenvalue weighted by Gasteiger charge is 2.28. The third-order valence-electron chi connectivity index (χ3n) is 4.69. The molecule has 0 aliphatic heterocycles. The second-order valence-electron chi connectivity index (χ2n) is 6.33. The average molecular weight is 361 g/mol. The molecule has 1 aliphatic carbocycles. The molecule has 1 atom stereocenters. The number of benzene rings is 1. The standard InChI is InChI=1S/C19H23NO4S/c1-10-5-6-12-15(7-10)25-19(20)16(12)17(21)11-8-13(22-2)18(24-4)14(9-11)23-3/h8-10H,5-7,20H2,1-4H3. The molecule has 1 unspecified atom stereocenters. The smallest absolute Gasteiger partial charge is 0.203 e. The maximum absolute atomic E-state index is 13.2. The molecule has 0 fully saturated rings. The molecule has 0 radical (unpaired) electrons. The van der Waals surface area contributed by atoms with Crippen LogP contribution in [0.5, 0.6) is 17.2 Å². The van der Waals surface area contributed by atoms with Crippen molar-refractivity contribution >= 4 is 22.1 Å². The van der Waals surface area contributed by atoms with Crippen molar-refractivity contribution < 1.29 is 19.0 Å². The van der Waals surface area contributed by atoms with Crippen LogP contribution < -0.4 is 19.9 Å². The SMILES string of the molecule is COc1cc(C(=O)c2c(N)sc3c2CCC(C)C3)cc(OC)c1OC. The molecule has 0 spiro atoms. The molecule has 1 heterocycles. The molecule has 5 nitrogen and oxygen atoms in total. The molecule has 134 valence electrons. The van der Waals surface area contributed by atoms with Crippen molar-refractivity contribution in [1.82, 2.24) is 0 Å². The fraction of sp³-hybridized carbons (Fsp3) is 0.421. The summed E-state index contributed by atoms with van der Waals surface area (Å²) in [7, 11) is 4.61. The van der Waals surface area contributed by atoms with Crippen molar-refractivity contribution in [3.63, 3.8) is 0 Å². The van der Waals surface area contributed by atoms with Crippen molar-refractivity contribution in [2.45, 2.75) is 26.2 Å². The van der Waals surface area contributed by atoms with Crippen LogP contribution >= 0.6 is 11.3 Å². The summed E-state index contributed by atoms with van der Waals surface area (Å²) in [5.74, 6) is 1.93. The number of ether oxygens (including phenoxy) is 3. The predicted molar refractivity (Wildman–Crippen MR) is 99.5 cm³/mol. The van der Waals surface area contributed by atoms with E-state index < -0.39 is 0 Å². The Morgan fingerprint density at radius 3 is 2.36 bits per heavy atom. The van der Waals surface area contributed by atoms with Gasteiger partial charge in [-0.05, 0) is 42.9 Å². The highest BCUT2D eigenvalue weighted by atomic mass is 32.1. The minimum Gasteiger partial charge on any atom is -0.493 e. The Hall–Kier alpha value is -2.21. The molecule has 25 heavy (non-hydrogen) atoms. The normalized spacial score (nSPS) is 16.2. The number of hydrogen-bond donors (Lipinski definition) is 1. The number of ketones is 1. The minimum atomic E-state index is -0.0937. The van der Waals surface area contributed by atoms with Gasteiger partial charge in [0, 0.05) is 10.4 Å². The topological polar surface area (TPSA) is 70.8 Å². The fourth-order valence-corrected chi connectivity index (χ4v) is 4.66. The van der Waals surface area contributed by atoms with Crippen molar-refractivity contribution in [2.24, 2.45) is 5.92 Å². The van der Waals surface area contributed by atoms with Crippen LogP contribution in [0.4, 0.5) is 5.00 Å². The monoisotopic (exact) mass is 361 g/mol. The number of nitrogens with two attached hydrogens (primary N) is 1. The maximum atomic E-state index is 13.2. The van der Waals surface area contributed by atoms with Crippen LogP contribution in [0.2, 0.25) is 0 Å². The van der Waals surface area contributed by atoms with Crippen LogP contribution in [0.3, 0.4) is 0 Å². The quantitative estimate of drug-likeness (QED) is 0.822. The van der Waals surface area contributed by atoms with Gasteiger partial charge in [-0.15, -0.1) is 11.3 Å². The second kappa shape index (κ2) is 6.96. The van der Waals surface area contributed by atoms with Gasteiger partial charge in [0.25, 0.3) is 0 Å². The average Bonchev–Trinajstić information content (AvgIpc) is 2.94. The van der Waals surface area contributed by atoms with E-state index in [9.17, 15) is 4.79 Å². The van der Waals surface area contributed by atoms with E-state index in [0.717, 1.165) is 24.8 Å².